The van der Waals surface area contributed by atoms with Crippen LogP contribution in [-0.2, 0) is 27.7 Å². The number of nitrogens with zero attached hydrogens (tertiary/aromatic N) is 1. The Morgan fingerprint density at radius 3 is 2.43 bits per heavy atom. The average molecular weight is 521 g/mol. The molecule has 10 heteroatoms. The number of nitrogens with one attached hydrogen (secondary N) is 2. The smallest absolute Gasteiger partial charge is 0.341 e. The lowest BCUT2D eigenvalue weighted by atomic mass is 10.0. The maximum atomic E-state index is 13.0. The summed E-state index contributed by atoms with van der Waals surface area (Å²) in [6.45, 7) is 9.24. The summed E-state index contributed by atoms with van der Waals surface area (Å²) in [5.41, 5.74) is 1.72. The number of quaternary nitrogens is 1. The van der Waals surface area contributed by atoms with E-state index >= 15 is 0 Å². The Labute approximate surface area is 211 Å². The van der Waals surface area contributed by atoms with E-state index in [1.165, 1.54) is 51.9 Å². The van der Waals surface area contributed by atoms with Gasteiger partial charge in [-0.1, -0.05) is 6.92 Å². The van der Waals surface area contributed by atoms with Crippen molar-refractivity contribution in [3.63, 3.8) is 0 Å². The van der Waals surface area contributed by atoms with Gasteiger partial charge in [-0.3, -0.25) is 4.79 Å². The zero-order valence-corrected chi connectivity index (χ0v) is 22.4. The van der Waals surface area contributed by atoms with E-state index < -0.39 is 21.9 Å². The Morgan fingerprint density at radius 2 is 1.83 bits per heavy atom. The highest BCUT2D eigenvalue weighted by atomic mass is 32.2. The Morgan fingerprint density at radius 1 is 1.17 bits per heavy atom. The SMILES string of the molecule is COC(=O)c1c(NC(=O)c2ccc(S(=O)(=O)N3CCC(C)CC3)cc2)sc2c1CC[NH+](C(C)C)C2. The summed E-state index contributed by atoms with van der Waals surface area (Å²) in [5, 5.41) is 3.36. The third-order valence-electron chi connectivity index (χ3n) is 7.10. The van der Waals surface area contributed by atoms with Crippen LogP contribution in [0.5, 0.6) is 0 Å². The van der Waals surface area contributed by atoms with Gasteiger partial charge in [-0.05, 0) is 62.4 Å². The monoisotopic (exact) mass is 520 g/mol. The molecule has 2 aliphatic rings. The molecule has 0 bridgehead atoms. The molecule has 2 aliphatic heterocycles. The summed E-state index contributed by atoms with van der Waals surface area (Å²) >= 11 is 1.42. The normalized spacial score (nSPS) is 19.4. The molecule has 1 fully saturated rings. The van der Waals surface area contributed by atoms with E-state index in [2.05, 4.69) is 26.1 Å². The number of rotatable bonds is 6. The summed E-state index contributed by atoms with van der Waals surface area (Å²) in [6.07, 6.45) is 2.45. The number of thiophene rings is 1. The second-order valence-electron chi connectivity index (χ2n) is 9.75. The number of anilines is 1. The van der Waals surface area contributed by atoms with Gasteiger partial charge in [-0.15, -0.1) is 11.3 Å². The van der Waals surface area contributed by atoms with Gasteiger partial charge in [0.15, 0.2) is 0 Å². The molecule has 1 unspecified atom stereocenters. The average Bonchev–Trinajstić information content (AvgIpc) is 3.20. The van der Waals surface area contributed by atoms with Crippen molar-refractivity contribution in [3.05, 3.63) is 45.8 Å². The van der Waals surface area contributed by atoms with Crippen LogP contribution < -0.4 is 10.2 Å². The van der Waals surface area contributed by atoms with Crippen LogP contribution in [-0.4, -0.2) is 57.4 Å². The molecule has 35 heavy (non-hydrogen) atoms. The van der Waals surface area contributed by atoms with Crippen LogP contribution in [0, 0.1) is 5.92 Å². The number of fused-ring (bicyclic) bond motifs is 1. The topological polar surface area (TPSA) is 97.2 Å². The fourth-order valence-electron chi connectivity index (χ4n) is 4.73. The van der Waals surface area contributed by atoms with Gasteiger partial charge in [0.05, 0.1) is 35.0 Å². The molecule has 1 aromatic heterocycles. The van der Waals surface area contributed by atoms with Crippen LogP contribution in [0.25, 0.3) is 0 Å². The van der Waals surface area contributed by atoms with E-state index in [1.807, 2.05) is 0 Å². The molecule has 3 heterocycles. The molecule has 4 rings (SSSR count). The van der Waals surface area contributed by atoms with Crippen LogP contribution in [0.15, 0.2) is 29.2 Å². The van der Waals surface area contributed by atoms with E-state index in [9.17, 15) is 18.0 Å². The molecule has 1 saturated heterocycles. The predicted molar refractivity (Wildman–Crippen MR) is 136 cm³/mol. The van der Waals surface area contributed by atoms with Crippen molar-refractivity contribution in [1.29, 1.82) is 0 Å². The maximum Gasteiger partial charge on any atom is 0.341 e. The van der Waals surface area contributed by atoms with E-state index in [-0.39, 0.29) is 4.90 Å². The van der Waals surface area contributed by atoms with Crippen molar-refractivity contribution in [1.82, 2.24) is 4.31 Å². The molecule has 0 spiro atoms. The molecule has 0 aliphatic carbocycles. The first-order chi connectivity index (χ1) is 16.6. The van der Waals surface area contributed by atoms with Crippen LogP contribution in [0.1, 0.15) is 64.8 Å². The van der Waals surface area contributed by atoms with Crippen LogP contribution in [0.2, 0.25) is 0 Å². The van der Waals surface area contributed by atoms with Crippen molar-refractivity contribution in [2.75, 3.05) is 32.1 Å². The Kier molecular flexibility index (Phi) is 7.65. The number of carbonyl (C=O) groups is 2. The highest BCUT2D eigenvalue weighted by molar-refractivity contribution is 7.89. The summed E-state index contributed by atoms with van der Waals surface area (Å²) in [4.78, 5) is 28.3. The van der Waals surface area contributed by atoms with Gasteiger partial charge in [0, 0.05) is 25.1 Å². The largest absolute Gasteiger partial charge is 0.465 e. The Balaban J connectivity index is 1.54. The lowest BCUT2D eigenvalue weighted by molar-refractivity contribution is -0.936. The van der Waals surface area contributed by atoms with Crippen molar-refractivity contribution >= 4 is 38.2 Å². The second kappa shape index (κ2) is 10.4. The van der Waals surface area contributed by atoms with E-state index in [1.54, 1.807) is 0 Å². The van der Waals surface area contributed by atoms with Gasteiger partial charge in [-0.25, -0.2) is 13.2 Å². The van der Waals surface area contributed by atoms with Crippen molar-refractivity contribution in [3.8, 4) is 0 Å². The second-order valence-corrected chi connectivity index (χ2v) is 12.8. The molecular formula is C25H34N3O5S2+. The predicted octanol–water partition coefficient (Wildman–Crippen LogP) is 2.56. The molecular weight excluding hydrogens is 486 g/mol. The highest BCUT2D eigenvalue weighted by Crippen LogP contribution is 2.35. The molecule has 0 saturated carbocycles. The molecule has 8 nitrogen and oxygen atoms in total. The van der Waals surface area contributed by atoms with Crippen LogP contribution in [0.3, 0.4) is 0 Å². The van der Waals surface area contributed by atoms with Gasteiger partial charge in [0.2, 0.25) is 10.0 Å². The quantitative estimate of drug-likeness (QED) is 0.571. The number of methoxy groups -OCH3 is 1. The van der Waals surface area contributed by atoms with Gasteiger partial charge in [0.25, 0.3) is 5.91 Å². The molecule has 2 N–H and O–H groups in total. The third kappa shape index (κ3) is 5.30. The number of amides is 1. The molecule has 2 aromatic rings. The number of carbonyl (C=O) groups excluding carboxylic acids is 2. The fraction of sp³-hybridized carbons (Fsp3) is 0.520. The zero-order chi connectivity index (χ0) is 25.3. The van der Waals surface area contributed by atoms with Crippen molar-refractivity contribution in [2.45, 2.75) is 57.5 Å². The molecule has 190 valence electrons. The number of hydrogen-bond acceptors (Lipinski definition) is 6. The van der Waals surface area contributed by atoms with E-state index in [0.717, 1.165) is 42.8 Å². The third-order valence-corrected chi connectivity index (χ3v) is 10.2. The van der Waals surface area contributed by atoms with Crippen LogP contribution in [0.4, 0.5) is 5.00 Å². The number of ether oxygens (including phenoxy) is 1. The minimum Gasteiger partial charge on any atom is -0.465 e. The highest BCUT2D eigenvalue weighted by Gasteiger charge is 2.32. The van der Waals surface area contributed by atoms with Crippen molar-refractivity contribution in [2.24, 2.45) is 5.92 Å². The number of benzene rings is 1. The van der Waals surface area contributed by atoms with Gasteiger partial charge < -0.3 is 15.0 Å². The molecule has 1 atom stereocenters. The first-order valence-electron chi connectivity index (χ1n) is 12.1. The summed E-state index contributed by atoms with van der Waals surface area (Å²) in [6, 6.07) is 6.46. The number of piperidine rings is 1. The molecule has 1 amide bonds. The lowest BCUT2D eigenvalue weighted by Gasteiger charge is -2.29. The van der Waals surface area contributed by atoms with Crippen LogP contribution >= 0.6 is 11.3 Å². The Bertz CT molecular complexity index is 1200. The summed E-state index contributed by atoms with van der Waals surface area (Å²) in [7, 11) is -2.24. The number of esters is 1. The summed E-state index contributed by atoms with van der Waals surface area (Å²) < 4.78 is 32.5. The number of sulfonamides is 1. The summed E-state index contributed by atoms with van der Waals surface area (Å²) in [5.74, 6) is -0.319. The van der Waals surface area contributed by atoms with Crippen molar-refractivity contribution < 1.29 is 27.6 Å². The zero-order valence-electron chi connectivity index (χ0n) is 20.7. The number of hydrogen-bond donors (Lipinski definition) is 2. The fourth-order valence-corrected chi connectivity index (χ4v) is 7.48. The Hall–Kier alpha value is -2.27. The minimum absolute atomic E-state index is 0.183. The standard InChI is InChI=1S/C25H33N3O5S2/c1-16(2)27-12-11-20-21(15-27)34-24(22(20)25(30)33-4)26-23(29)18-5-7-19(8-6-18)35(31,32)28-13-9-17(3)10-14-28/h5-8,16-17H,9-15H2,1-4H3,(H,26,29)/p+1. The first kappa shape index (κ1) is 25.8. The van der Waals surface area contributed by atoms with Gasteiger partial charge in [0.1, 0.15) is 11.5 Å². The van der Waals surface area contributed by atoms with E-state index in [4.69, 9.17) is 4.74 Å². The van der Waals surface area contributed by atoms with Gasteiger partial charge in [-0.2, -0.15) is 4.31 Å². The first-order valence-corrected chi connectivity index (χ1v) is 14.4. The van der Waals surface area contributed by atoms with Gasteiger partial charge >= 0.3 is 5.97 Å². The minimum atomic E-state index is -3.58. The lowest BCUT2D eigenvalue weighted by Crippen LogP contribution is -3.14. The molecule has 1 aromatic carbocycles. The van der Waals surface area contributed by atoms with E-state index in [0.29, 0.717) is 41.2 Å². The molecule has 0 radical (unpaired) electrons. The maximum absolute atomic E-state index is 13.0.